The Morgan fingerprint density at radius 3 is 1.67 bits per heavy atom. The van der Waals surface area contributed by atoms with Crippen molar-refractivity contribution >= 4 is 22.8 Å². The minimum atomic E-state index is -0.660. The van der Waals surface area contributed by atoms with Crippen LogP contribution in [0, 0.1) is 5.41 Å². The zero-order chi connectivity index (χ0) is 21.6. The van der Waals surface area contributed by atoms with E-state index in [1.807, 2.05) is 48.5 Å². The maximum atomic E-state index is 12.0. The van der Waals surface area contributed by atoms with Gasteiger partial charge in [0.15, 0.2) is 21.3 Å². The van der Waals surface area contributed by atoms with Gasteiger partial charge in [-0.15, -0.1) is 0 Å². The fourth-order valence-electron chi connectivity index (χ4n) is 2.67. The van der Waals surface area contributed by atoms with Gasteiger partial charge in [0, 0.05) is 0 Å². The van der Waals surface area contributed by atoms with Gasteiger partial charge in [-0.25, -0.2) is 4.79 Å². The molecule has 0 unspecified atom stereocenters. The van der Waals surface area contributed by atoms with E-state index in [1.165, 1.54) is 9.79 Å². The number of hydrogen-bond donors (Lipinski definition) is 0. The van der Waals surface area contributed by atoms with Gasteiger partial charge in [-0.1, -0.05) is 36.4 Å². The average molecular weight is 422 g/mol. The second-order valence-corrected chi connectivity index (χ2v) is 9.73. The Balaban J connectivity index is 1.73. The molecule has 0 spiro atoms. The number of carbonyl (C=O) groups is 2. The quantitative estimate of drug-likeness (QED) is 0.309. The van der Waals surface area contributed by atoms with Crippen LogP contribution in [0.1, 0.15) is 20.8 Å². The SMILES string of the molecule is CC(C)(C)C(=O)OCC(=O)Oc1ccc([S+](c2ccccc2)c2ccccc2)cc1. The Hall–Kier alpha value is -3.05. The average Bonchev–Trinajstić information content (AvgIpc) is 2.74. The first-order chi connectivity index (χ1) is 14.3. The molecule has 30 heavy (non-hydrogen) atoms. The molecule has 0 amide bonds. The zero-order valence-corrected chi connectivity index (χ0v) is 18.1. The molecule has 3 aromatic rings. The molecular formula is C25H25O4S+. The molecule has 0 saturated carbocycles. The van der Waals surface area contributed by atoms with Crippen molar-refractivity contribution in [2.24, 2.45) is 5.41 Å². The third-order valence-electron chi connectivity index (χ3n) is 4.18. The molecule has 0 heterocycles. The molecule has 0 aliphatic heterocycles. The summed E-state index contributed by atoms with van der Waals surface area (Å²) in [5, 5.41) is 0. The second-order valence-electron chi connectivity index (χ2n) is 7.70. The standard InChI is InChI=1S/C25H25O4S/c1-25(2,3)24(27)28-18-23(26)29-19-14-16-22(17-15-19)30(20-10-6-4-7-11-20)21-12-8-5-9-13-21/h4-17H,18H2,1-3H3/q+1. The van der Waals surface area contributed by atoms with Crippen molar-refractivity contribution in [3.05, 3.63) is 84.9 Å². The molecule has 3 rings (SSSR count). The largest absolute Gasteiger partial charge is 0.453 e. The van der Waals surface area contributed by atoms with Crippen molar-refractivity contribution in [3.8, 4) is 5.75 Å². The van der Waals surface area contributed by atoms with Crippen LogP contribution in [0.2, 0.25) is 0 Å². The fourth-order valence-corrected chi connectivity index (χ4v) is 4.75. The summed E-state index contributed by atoms with van der Waals surface area (Å²) in [7, 11) is -0.265. The highest BCUT2D eigenvalue weighted by atomic mass is 32.2. The highest BCUT2D eigenvalue weighted by molar-refractivity contribution is 7.97. The molecule has 154 valence electrons. The predicted molar refractivity (Wildman–Crippen MR) is 118 cm³/mol. The van der Waals surface area contributed by atoms with E-state index < -0.39 is 24.0 Å². The molecule has 0 aromatic heterocycles. The molecule has 4 nitrogen and oxygen atoms in total. The summed E-state index contributed by atoms with van der Waals surface area (Å²) in [5.41, 5.74) is -0.660. The zero-order valence-electron chi connectivity index (χ0n) is 17.3. The first-order valence-corrected chi connectivity index (χ1v) is 10.9. The van der Waals surface area contributed by atoms with Crippen molar-refractivity contribution in [2.75, 3.05) is 6.61 Å². The van der Waals surface area contributed by atoms with E-state index in [4.69, 9.17) is 9.47 Å². The number of hydrogen-bond acceptors (Lipinski definition) is 4. The summed E-state index contributed by atoms with van der Waals surface area (Å²) < 4.78 is 10.3. The van der Waals surface area contributed by atoms with Crippen molar-refractivity contribution in [1.29, 1.82) is 0 Å². The monoisotopic (exact) mass is 421 g/mol. The van der Waals surface area contributed by atoms with Crippen LogP contribution in [-0.4, -0.2) is 18.5 Å². The van der Waals surface area contributed by atoms with Crippen LogP contribution < -0.4 is 4.74 Å². The summed E-state index contributed by atoms with van der Waals surface area (Å²) >= 11 is 0. The summed E-state index contributed by atoms with van der Waals surface area (Å²) in [6, 6.07) is 28.1. The third kappa shape index (κ3) is 5.74. The first kappa shape index (κ1) is 21.7. The smallest absolute Gasteiger partial charge is 0.349 e. The molecular weight excluding hydrogens is 396 g/mol. The lowest BCUT2D eigenvalue weighted by Crippen LogP contribution is -2.27. The van der Waals surface area contributed by atoms with Crippen molar-refractivity contribution in [1.82, 2.24) is 0 Å². The normalized spacial score (nSPS) is 11.2. The Kier molecular flexibility index (Phi) is 6.95. The van der Waals surface area contributed by atoms with E-state index in [-0.39, 0.29) is 10.9 Å². The van der Waals surface area contributed by atoms with Crippen LogP contribution in [0.5, 0.6) is 5.75 Å². The molecule has 0 aliphatic carbocycles. The Bertz CT molecular complexity index is 938. The molecule has 3 aromatic carbocycles. The minimum absolute atomic E-state index is 0.265. The highest BCUT2D eigenvalue weighted by Crippen LogP contribution is 2.31. The third-order valence-corrected chi connectivity index (χ3v) is 6.41. The van der Waals surface area contributed by atoms with Crippen molar-refractivity contribution in [3.63, 3.8) is 0 Å². The van der Waals surface area contributed by atoms with E-state index in [0.29, 0.717) is 5.75 Å². The molecule has 0 fully saturated rings. The van der Waals surface area contributed by atoms with E-state index in [0.717, 1.165) is 4.90 Å². The van der Waals surface area contributed by atoms with Gasteiger partial charge in [0.2, 0.25) is 0 Å². The molecule has 0 aliphatic rings. The van der Waals surface area contributed by atoms with Gasteiger partial charge in [0.05, 0.1) is 16.3 Å². The topological polar surface area (TPSA) is 52.6 Å². The molecule has 0 atom stereocenters. The van der Waals surface area contributed by atoms with Gasteiger partial charge in [-0.2, -0.15) is 0 Å². The van der Waals surface area contributed by atoms with Gasteiger partial charge in [0.25, 0.3) is 0 Å². The molecule has 0 radical (unpaired) electrons. The molecule has 0 saturated heterocycles. The maximum absolute atomic E-state index is 12.0. The Morgan fingerprint density at radius 1 is 0.733 bits per heavy atom. The highest BCUT2D eigenvalue weighted by Gasteiger charge is 2.28. The van der Waals surface area contributed by atoms with Gasteiger partial charge in [-0.3, -0.25) is 4.79 Å². The molecule has 5 heteroatoms. The number of esters is 2. The van der Waals surface area contributed by atoms with Crippen LogP contribution in [-0.2, 0) is 25.2 Å². The van der Waals surface area contributed by atoms with Crippen LogP contribution >= 0.6 is 0 Å². The fraction of sp³-hybridized carbons (Fsp3) is 0.200. The number of rotatable bonds is 6. The van der Waals surface area contributed by atoms with Gasteiger partial charge in [0.1, 0.15) is 5.75 Å². The van der Waals surface area contributed by atoms with Crippen LogP contribution in [0.3, 0.4) is 0 Å². The van der Waals surface area contributed by atoms with Gasteiger partial charge in [-0.05, 0) is 69.3 Å². The lowest BCUT2D eigenvalue weighted by atomic mass is 9.97. The predicted octanol–water partition coefficient (Wildman–Crippen LogP) is 5.28. The Morgan fingerprint density at radius 2 is 1.20 bits per heavy atom. The molecule has 0 N–H and O–H groups in total. The van der Waals surface area contributed by atoms with E-state index in [2.05, 4.69) is 24.3 Å². The maximum Gasteiger partial charge on any atom is 0.349 e. The minimum Gasteiger partial charge on any atom is -0.453 e. The summed E-state index contributed by atoms with van der Waals surface area (Å²) in [5.74, 6) is -0.629. The van der Waals surface area contributed by atoms with E-state index in [1.54, 1.807) is 32.9 Å². The number of ether oxygens (including phenoxy) is 2. The summed E-state index contributed by atoms with van der Waals surface area (Å²) in [6.45, 7) is 4.79. The van der Waals surface area contributed by atoms with Crippen molar-refractivity contribution in [2.45, 2.75) is 35.5 Å². The lowest BCUT2D eigenvalue weighted by Gasteiger charge is -2.15. The van der Waals surface area contributed by atoms with Crippen LogP contribution in [0.4, 0.5) is 0 Å². The second kappa shape index (κ2) is 9.63. The number of carbonyl (C=O) groups excluding carboxylic acids is 2. The van der Waals surface area contributed by atoms with E-state index in [9.17, 15) is 9.59 Å². The van der Waals surface area contributed by atoms with Crippen LogP contribution in [0.25, 0.3) is 0 Å². The number of benzene rings is 3. The molecule has 0 bridgehead atoms. The summed E-state index contributed by atoms with van der Waals surface area (Å²) in [4.78, 5) is 27.3. The lowest BCUT2D eigenvalue weighted by molar-refractivity contribution is -0.160. The van der Waals surface area contributed by atoms with Gasteiger partial charge < -0.3 is 9.47 Å². The van der Waals surface area contributed by atoms with Crippen molar-refractivity contribution < 1.29 is 19.1 Å². The van der Waals surface area contributed by atoms with Gasteiger partial charge >= 0.3 is 11.9 Å². The summed E-state index contributed by atoms with van der Waals surface area (Å²) in [6.07, 6.45) is 0. The Labute approximate surface area is 180 Å². The first-order valence-electron chi connectivity index (χ1n) is 9.67. The van der Waals surface area contributed by atoms with Crippen LogP contribution in [0.15, 0.2) is 99.6 Å². The van der Waals surface area contributed by atoms with E-state index >= 15 is 0 Å².